The number of carbonyl (C=O) groups is 1. The average Bonchev–Trinajstić information content (AvgIpc) is 1.97. The van der Waals surface area contributed by atoms with Crippen LogP contribution < -0.4 is 0 Å². The van der Waals surface area contributed by atoms with Crippen LogP contribution in [-0.4, -0.2) is 36.1 Å². The second-order valence-electron chi connectivity index (χ2n) is 3.53. The highest BCUT2D eigenvalue weighted by molar-refractivity contribution is 6.18. The molecule has 0 aliphatic carbocycles. The Hall–Kier alpha value is -0.440. The number of ether oxygens (including phenoxy) is 1. The summed E-state index contributed by atoms with van der Waals surface area (Å²) in [6.45, 7) is 6.08. The normalized spacial score (nSPS) is 11.1. The van der Waals surface area contributed by atoms with Crippen molar-refractivity contribution in [3.05, 3.63) is 0 Å². The molecule has 0 aliphatic rings. The lowest BCUT2D eigenvalue weighted by Crippen LogP contribution is -2.42. The molecule has 0 N–H and O–H groups in total. The lowest BCUT2D eigenvalue weighted by molar-refractivity contribution is 0.0858. The van der Waals surface area contributed by atoms with Gasteiger partial charge >= 0.3 is 6.09 Å². The average molecular weight is 194 g/mol. The van der Waals surface area contributed by atoms with Crippen LogP contribution in [0.15, 0.2) is 0 Å². The quantitative estimate of drug-likeness (QED) is 0.629. The number of alkyl halides is 1. The first-order valence-electron chi connectivity index (χ1n) is 3.86. The molecule has 0 fully saturated rings. The van der Waals surface area contributed by atoms with Crippen molar-refractivity contribution in [1.29, 1.82) is 0 Å². The molecular weight excluding hydrogens is 178 g/mol. The third-order valence-corrected chi connectivity index (χ3v) is 1.74. The molecule has 72 valence electrons. The van der Waals surface area contributed by atoms with E-state index in [9.17, 15) is 4.79 Å². The van der Waals surface area contributed by atoms with E-state index in [2.05, 4.69) is 0 Å². The molecule has 4 heteroatoms. The van der Waals surface area contributed by atoms with Gasteiger partial charge < -0.3 is 9.64 Å². The van der Waals surface area contributed by atoms with E-state index in [4.69, 9.17) is 16.3 Å². The first-order valence-corrected chi connectivity index (χ1v) is 4.39. The van der Waals surface area contributed by atoms with E-state index in [0.29, 0.717) is 5.88 Å². The minimum Gasteiger partial charge on any atom is -0.448 e. The molecule has 0 saturated carbocycles. The van der Waals surface area contributed by atoms with E-state index >= 15 is 0 Å². The van der Waals surface area contributed by atoms with Crippen LogP contribution in [0.3, 0.4) is 0 Å². The topological polar surface area (TPSA) is 29.5 Å². The van der Waals surface area contributed by atoms with Crippen LogP contribution in [0.1, 0.15) is 20.8 Å². The summed E-state index contributed by atoms with van der Waals surface area (Å²) in [5.41, 5.74) is -0.205. The molecule has 1 amide bonds. The third kappa shape index (κ3) is 3.81. The molecule has 0 aromatic rings. The SMILES string of the molecule is CN(C(=O)OCCCl)C(C)(C)C. The van der Waals surface area contributed by atoms with Crippen LogP contribution >= 0.6 is 11.6 Å². The Kier molecular flexibility index (Phi) is 4.39. The van der Waals surface area contributed by atoms with Crippen molar-refractivity contribution in [2.45, 2.75) is 26.3 Å². The van der Waals surface area contributed by atoms with Gasteiger partial charge in [0.1, 0.15) is 6.61 Å². The standard InChI is InChI=1S/C8H16ClNO2/c1-8(2,3)10(4)7(11)12-6-5-9/h5-6H2,1-4H3. The molecular formula is C8H16ClNO2. The zero-order valence-corrected chi connectivity index (χ0v) is 8.81. The number of rotatable bonds is 2. The zero-order valence-electron chi connectivity index (χ0n) is 8.06. The van der Waals surface area contributed by atoms with Crippen molar-refractivity contribution < 1.29 is 9.53 Å². The summed E-state index contributed by atoms with van der Waals surface area (Å²) in [5, 5.41) is 0. The number of hydrogen-bond acceptors (Lipinski definition) is 2. The second kappa shape index (κ2) is 4.55. The van der Waals surface area contributed by atoms with Crippen LogP contribution in [0.5, 0.6) is 0 Å². The van der Waals surface area contributed by atoms with Gasteiger partial charge in [0.05, 0.1) is 5.88 Å². The van der Waals surface area contributed by atoms with Gasteiger partial charge in [-0.2, -0.15) is 0 Å². The predicted molar refractivity (Wildman–Crippen MR) is 49.6 cm³/mol. The molecule has 0 saturated heterocycles. The van der Waals surface area contributed by atoms with Gasteiger partial charge in [-0.15, -0.1) is 11.6 Å². The van der Waals surface area contributed by atoms with E-state index in [1.165, 1.54) is 0 Å². The molecule has 0 aromatic carbocycles. The van der Waals surface area contributed by atoms with Gasteiger partial charge in [0, 0.05) is 12.6 Å². The minimum atomic E-state index is -0.330. The molecule has 0 unspecified atom stereocenters. The smallest absolute Gasteiger partial charge is 0.409 e. The molecule has 0 heterocycles. The first kappa shape index (κ1) is 11.6. The van der Waals surface area contributed by atoms with Crippen molar-refractivity contribution in [2.24, 2.45) is 0 Å². The molecule has 0 rings (SSSR count). The lowest BCUT2D eigenvalue weighted by Gasteiger charge is -2.30. The fraction of sp³-hybridized carbons (Fsp3) is 0.875. The Morgan fingerprint density at radius 1 is 1.50 bits per heavy atom. The lowest BCUT2D eigenvalue weighted by atomic mass is 10.1. The number of halogens is 1. The van der Waals surface area contributed by atoms with Gasteiger partial charge in [-0.3, -0.25) is 0 Å². The molecule has 0 bridgehead atoms. The zero-order chi connectivity index (χ0) is 9.78. The van der Waals surface area contributed by atoms with Gasteiger partial charge in [-0.1, -0.05) is 0 Å². The van der Waals surface area contributed by atoms with E-state index in [1.54, 1.807) is 11.9 Å². The van der Waals surface area contributed by atoms with E-state index in [0.717, 1.165) is 0 Å². The van der Waals surface area contributed by atoms with Crippen molar-refractivity contribution >= 4 is 17.7 Å². The third-order valence-electron chi connectivity index (χ3n) is 1.58. The summed E-state index contributed by atoms with van der Waals surface area (Å²) in [6.07, 6.45) is -0.330. The maximum Gasteiger partial charge on any atom is 0.409 e. The Balaban J connectivity index is 3.94. The Morgan fingerprint density at radius 3 is 2.33 bits per heavy atom. The largest absolute Gasteiger partial charge is 0.448 e. The van der Waals surface area contributed by atoms with Crippen LogP contribution in [0.2, 0.25) is 0 Å². The fourth-order valence-electron chi connectivity index (χ4n) is 0.497. The van der Waals surface area contributed by atoms with Crippen molar-refractivity contribution in [1.82, 2.24) is 4.90 Å². The predicted octanol–water partition coefficient (Wildman–Crippen LogP) is 2.09. The van der Waals surface area contributed by atoms with E-state index in [-0.39, 0.29) is 18.2 Å². The summed E-state index contributed by atoms with van der Waals surface area (Å²) in [7, 11) is 1.70. The summed E-state index contributed by atoms with van der Waals surface area (Å²) in [5.74, 6) is 0.337. The first-order chi connectivity index (χ1) is 5.39. The summed E-state index contributed by atoms with van der Waals surface area (Å²) in [4.78, 5) is 12.7. The van der Waals surface area contributed by atoms with Gasteiger partial charge in [0.15, 0.2) is 0 Å². The van der Waals surface area contributed by atoms with E-state index < -0.39 is 0 Å². The monoisotopic (exact) mass is 193 g/mol. The van der Waals surface area contributed by atoms with Crippen molar-refractivity contribution in [3.8, 4) is 0 Å². The van der Waals surface area contributed by atoms with Crippen LogP contribution in [0.4, 0.5) is 4.79 Å². The fourth-order valence-corrected chi connectivity index (χ4v) is 0.574. The Morgan fingerprint density at radius 2 is 2.00 bits per heavy atom. The van der Waals surface area contributed by atoms with Crippen LogP contribution in [0, 0.1) is 0 Å². The molecule has 12 heavy (non-hydrogen) atoms. The highest BCUT2D eigenvalue weighted by Crippen LogP contribution is 2.11. The van der Waals surface area contributed by atoms with Crippen LogP contribution in [0.25, 0.3) is 0 Å². The van der Waals surface area contributed by atoms with Gasteiger partial charge in [0.25, 0.3) is 0 Å². The number of nitrogens with zero attached hydrogens (tertiary/aromatic N) is 1. The molecule has 0 aromatic heterocycles. The maximum absolute atomic E-state index is 11.2. The summed E-state index contributed by atoms with van der Waals surface area (Å²) < 4.78 is 4.83. The Bertz CT molecular complexity index is 154. The highest BCUT2D eigenvalue weighted by Gasteiger charge is 2.22. The van der Waals surface area contributed by atoms with Gasteiger partial charge in [-0.05, 0) is 20.8 Å². The van der Waals surface area contributed by atoms with Crippen molar-refractivity contribution in [3.63, 3.8) is 0 Å². The molecule has 3 nitrogen and oxygen atoms in total. The summed E-state index contributed by atoms with van der Waals surface area (Å²) >= 11 is 5.37. The molecule has 0 aliphatic heterocycles. The summed E-state index contributed by atoms with van der Waals surface area (Å²) in [6, 6.07) is 0. The molecule has 0 spiro atoms. The number of carbonyl (C=O) groups excluding carboxylic acids is 1. The minimum absolute atomic E-state index is 0.205. The second-order valence-corrected chi connectivity index (χ2v) is 3.91. The highest BCUT2D eigenvalue weighted by atomic mass is 35.5. The molecule has 0 atom stereocenters. The molecule has 0 radical (unpaired) electrons. The Labute approximate surface area is 78.6 Å². The van der Waals surface area contributed by atoms with E-state index in [1.807, 2.05) is 20.8 Å². The maximum atomic E-state index is 11.2. The van der Waals surface area contributed by atoms with Crippen LogP contribution in [-0.2, 0) is 4.74 Å². The number of amides is 1. The number of hydrogen-bond donors (Lipinski definition) is 0. The van der Waals surface area contributed by atoms with Gasteiger partial charge in [-0.25, -0.2) is 4.79 Å². The van der Waals surface area contributed by atoms with Crippen molar-refractivity contribution in [2.75, 3.05) is 19.5 Å². The van der Waals surface area contributed by atoms with Gasteiger partial charge in [0.2, 0.25) is 0 Å².